The standard InChI is InChI=1S/C13H16F2O2S2/c1-2-19(16,17)6-5-18-13-4-3-10-11(13)7-9(14)8-12(10)15/h7-8,13H,2-6H2,1H3/t13-/m0/s1. The van der Waals surface area contributed by atoms with Crippen molar-refractivity contribution in [3.63, 3.8) is 0 Å². The van der Waals surface area contributed by atoms with E-state index in [0.29, 0.717) is 23.3 Å². The van der Waals surface area contributed by atoms with Crippen LogP contribution < -0.4 is 0 Å². The third-order valence-electron chi connectivity index (χ3n) is 3.35. The number of fused-ring (bicyclic) bond motifs is 1. The highest BCUT2D eigenvalue weighted by Crippen LogP contribution is 2.42. The summed E-state index contributed by atoms with van der Waals surface area (Å²) in [5.41, 5.74) is 1.27. The van der Waals surface area contributed by atoms with Crippen LogP contribution in [0.15, 0.2) is 12.1 Å². The molecule has 0 unspecified atom stereocenters. The van der Waals surface area contributed by atoms with Crippen molar-refractivity contribution >= 4 is 21.6 Å². The van der Waals surface area contributed by atoms with Crippen LogP contribution in [0.25, 0.3) is 0 Å². The first-order valence-electron chi connectivity index (χ1n) is 6.23. The summed E-state index contributed by atoms with van der Waals surface area (Å²) in [4.78, 5) is 0. The van der Waals surface area contributed by atoms with Crippen LogP contribution in [0.3, 0.4) is 0 Å². The Labute approximate surface area is 116 Å². The van der Waals surface area contributed by atoms with Gasteiger partial charge in [-0.25, -0.2) is 17.2 Å². The Balaban J connectivity index is 2.03. The highest BCUT2D eigenvalue weighted by atomic mass is 32.2. The van der Waals surface area contributed by atoms with Crippen molar-refractivity contribution in [1.29, 1.82) is 0 Å². The number of benzene rings is 1. The summed E-state index contributed by atoms with van der Waals surface area (Å²) in [6.45, 7) is 1.62. The molecular weight excluding hydrogens is 290 g/mol. The molecule has 2 rings (SSSR count). The van der Waals surface area contributed by atoms with Crippen molar-refractivity contribution in [2.45, 2.75) is 25.0 Å². The van der Waals surface area contributed by atoms with E-state index in [0.717, 1.165) is 12.5 Å². The van der Waals surface area contributed by atoms with E-state index in [1.54, 1.807) is 6.92 Å². The third kappa shape index (κ3) is 3.48. The zero-order valence-corrected chi connectivity index (χ0v) is 12.3. The fraction of sp³-hybridized carbons (Fsp3) is 0.538. The first-order chi connectivity index (χ1) is 8.93. The van der Waals surface area contributed by atoms with Gasteiger partial charge in [0.1, 0.15) is 11.6 Å². The van der Waals surface area contributed by atoms with Crippen LogP contribution >= 0.6 is 11.8 Å². The maximum absolute atomic E-state index is 13.5. The largest absolute Gasteiger partial charge is 0.229 e. The van der Waals surface area contributed by atoms with Gasteiger partial charge in [0.25, 0.3) is 0 Å². The van der Waals surface area contributed by atoms with Crippen molar-refractivity contribution in [3.8, 4) is 0 Å². The molecule has 1 aliphatic carbocycles. The van der Waals surface area contributed by atoms with Gasteiger partial charge < -0.3 is 0 Å². The van der Waals surface area contributed by atoms with Gasteiger partial charge in [0, 0.05) is 22.8 Å². The monoisotopic (exact) mass is 306 g/mol. The second-order valence-corrected chi connectivity index (χ2v) is 8.37. The lowest BCUT2D eigenvalue weighted by atomic mass is 10.1. The van der Waals surface area contributed by atoms with Gasteiger partial charge in [-0.1, -0.05) is 6.92 Å². The molecule has 0 saturated carbocycles. The van der Waals surface area contributed by atoms with Gasteiger partial charge in [-0.05, 0) is 30.0 Å². The van der Waals surface area contributed by atoms with Crippen LogP contribution in [-0.4, -0.2) is 25.7 Å². The lowest BCUT2D eigenvalue weighted by Crippen LogP contribution is -2.11. The molecule has 0 bridgehead atoms. The number of rotatable bonds is 5. The highest BCUT2D eigenvalue weighted by molar-refractivity contribution is 8.00. The summed E-state index contributed by atoms with van der Waals surface area (Å²) in [7, 11) is -2.97. The summed E-state index contributed by atoms with van der Waals surface area (Å²) in [5, 5.41) is 0.00672. The van der Waals surface area contributed by atoms with Crippen LogP contribution in [0.1, 0.15) is 29.7 Å². The average molecular weight is 306 g/mol. The van der Waals surface area contributed by atoms with Crippen LogP contribution in [-0.2, 0) is 16.3 Å². The van der Waals surface area contributed by atoms with Crippen LogP contribution in [0.2, 0.25) is 0 Å². The van der Waals surface area contributed by atoms with Crippen LogP contribution in [0, 0.1) is 11.6 Å². The van der Waals surface area contributed by atoms with Crippen molar-refractivity contribution in [1.82, 2.24) is 0 Å². The third-order valence-corrected chi connectivity index (χ3v) is 6.65. The van der Waals surface area contributed by atoms with E-state index in [1.165, 1.54) is 17.8 Å². The molecule has 0 N–H and O–H groups in total. The van der Waals surface area contributed by atoms with Crippen LogP contribution in [0.5, 0.6) is 0 Å². The molecular formula is C13H16F2O2S2. The second kappa shape index (κ2) is 5.79. The minimum Gasteiger partial charge on any atom is -0.229 e. The quantitative estimate of drug-likeness (QED) is 0.838. The normalized spacial score (nSPS) is 18.6. The molecule has 0 radical (unpaired) electrons. The number of hydrogen-bond acceptors (Lipinski definition) is 3. The zero-order chi connectivity index (χ0) is 14.0. The fourth-order valence-electron chi connectivity index (χ4n) is 2.24. The summed E-state index contributed by atoms with van der Waals surface area (Å²) in [5.74, 6) is -0.321. The molecule has 0 aliphatic heterocycles. The number of thioether (sulfide) groups is 1. The summed E-state index contributed by atoms with van der Waals surface area (Å²) < 4.78 is 49.5. The van der Waals surface area contributed by atoms with Gasteiger partial charge in [-0.15, -0.1) is 0 Å². The van der Waals surface area contributed by atoms with E-state index >= 15 is 0 Å². The molecule has 0 amide bonds. The maximum Gasteiger partial charge on any atom is 0.150 e. The Bertz CT molecular complexity index is 570. The Hall–Kier alpha value is -0.620. The predicted molar refractivity (Wildman–Crippen MR) is 74.2 cm³/mol. The van der Waals surface area contributed by atoms with Gasteiger partial charge in [-0.2, -0.15) is 11.8 Å². The summed E-state index contributed by atoms with van der Waals surface area (Å²) in [6, 6.07) is 2.28. The SMILES string of the molecule is CCS(=O)(=O)CCS[C@H]1CCc2c(F)cc(F)cc21. The first-order valence-corrected chi connectivity index (χ1v) is 9.10. The number of halogens is 2. The van der Waals surface area contributed by atoms with Crippen molar-refractivity contribution in [2.75, 3.05) is 17.3 Å². The maximum atomic E-state index is 13.5. The lowest BCUT2D eigenvalue weighted by molar-refractivity contribution is 0.574. The molecule has 1 atom stereocenters. The topological polar surface area (TPSA) is 34.1 Å². The predicted octanol–water partition coefficient (Wildman–Crippen LogP) is 3.12. The minimum absolute atomic E-state index is 0.00672. The van der Waals surface area contributed by atoms with Gasteiger partial charge in [0.2, 0.25) is 0 Å². The molecule has 1 aromatic carbocycles. The lowest BCUT2D eigenvalue weighted by Gasteiger charge is -2.11. The first kappa shape index (κ1) is 14.8. The van der Waals surface area contributed by atoms with E-state index < -0.39 is 21.5 Å². The molecule has 0 heterocycles. The molecule has 106 valence electrons. The Morgan fingerprint density at radius 2 is 2.11 bits per heavy atom. The molecule has 19 heavy (non-hydrogen) atoms. The molecule has 0 saturated heterocycles. The number of sulfone groups is 1. The molecule has 0 aromatic heterocycles. The van der Waals surface area contributed by atoms with E-state index in [9.17, 15) is 17.2 Å². The van der Waals surface area contributed by atoms with Gasteiger partial charge in [0.15, 0.2) is 9.84 Å². The van der Waals surface area contributed by atoms with Gasteiger partial charge in [-0.3, -0.25) is 0 Å². The summed E-state index contributed by atoms with van der Waals surface area (Å²) in [6.07, 6.45) is 1.34. The van der Waals surface area contributed by atoms with E-state index in [4.69, 9.17) is 0 Å². The molecule has 1 aliphatic rings. The average Bonchev–Trinajstić information content (AvgIpc) is 2.73. The van der Waals surface area contributed by atoms with Crippen molar-refractivity contribution < 1.29 is 17.2 Å². The van der Waals surface area contributed by atoms with E-state index in [2.05, 4.69) is 0 Å². The Kier molecular flexibility index (Phi) is 4.50. The van der Waals surface area contributed by atoms with Crippen molar-refractivity contribution in [2.24, 2.45) is 0 Å². The smallest absolute Gasteiger partial charge is 0.150 e. The molecule has 6 heteroatoms. The Morgan fingerprint density at radius 3 is 2.79 bits per heavy atom. The molecule has 2 nitrogen and oxygen atoms in total. The van der Waals surface area contributed by atoms with E-state index in [-0.39, 0.29) is 16.8 Å². The second-order valence-electron chi connectivity index (χ2n) is 4.59. The molecule has 0 fully saturated rings. The molecule has 1 aromatic rings. The number of hydrogen-bond donors (Lipinski definition) is 0. The van der Waals surface area contributed by atoms with Gasteiger partial charge >= 0.3 is 0 Å². The van der Waals surface area contributed by atoms with E-state index in [1.807, 2.05) is 0 Å². The highest BCUT2D eigenvalue weighted by Gasteiger charge is 2.26. The fourth-order valence-corrected chi connectivity index (χ4v) is 4.89. The minimum atomic E-state index is -2.97. The molecule has 0 spiro atoms. The van der Waals surface area contributed by atoms with Crippen LogP contribution in [0.4, 0.5) is 8.78 Å². The summed E-state index contributed by atoms with van der Waals surface area (Å²) >= 11 is 1.47. The van der Waals surface area contributed by atoms with Gasteiger partial charge in [0.05, 0.1) is 5.75 Å². The Morgan fingerprint density at radius 1 is 1.37 bits per heavy atom. The zero-order valence-electron chi connectivity index (χ0n) is 10.7. The van der Waals surface area contributed by atoms with Crippen molar-refractivity contribution in [3.05, 3.63) is 34.9 Å².